The Bertz CT molecular complexity index is 720. The van der Waals surface area contributed by atoms with E-state index in [0.717, 1.165) is 11.3 Å². The Kier molecular flexibility index (Phi) is 5.11. The zero-order valence-electron chi connectivity index (χ0n) is 13.6. The van der Waals surface area contributed by atoms with Crippen molar-refractivity contribution >= 4 is 5.91 Å². The standard InChI is InChI=1S/C19H21FN2O2/c1-24-14-6-4-5-13(11-14)12-21-17-9-10-18(23)22-19(17)15-7-2-3-8-16(15)20/h2-8,11,17,19,21H,9-10,12H2,1H3,(H,22,23)/t17-,19+/m1/s1. The van der Waals surface area contributed by atoms with Crippen molar-refractivity contribution in [3.8, 4) is 5.75 Å². The summed E-state index contributed by atoms with van der Waals surface area (Å²) < 4.78 is 19.4. The molecule has 1 amide bonds. The minimum atomic E-state index is -0.363. The molecule has 0 unspecified atom stereocenters. The van der Waals surface area contributed by atoms with Gasteiger partial charge in [-0.15, -0.1) is 0 Å². The number of rotatable bonds is 5. The van der Waals surface area contributed by atoms with Crippen molar-refractivity contribution in [3.05, 3.63) is 65.5 Å². The normalized spacial score (nSPS) is 20.5. The average Bonchev–Trinajstić information content (AvgIpc) is 2.61. The zero-order chi connectivity index (χ0) is 16.9. The van der Waals surface area contributed by atoms with Crippen molar-refractivity contribution in [2.24, 2.45) is 0 Å². The average molecular weight is 328 g/mol. The van der Waals surface area contributed by atoms with Gasteiger partial charge in [0.15, 0.2) is 0 Å². The van der Waals surface area contributed by atoms with E-state index in [1.54, 1.807) is 25.3 Å². The number of amides is 1. The predicted octanol–water partition coefficient (Wildman–Crippen LogP) is 2.94. The van der Waals surface area contributed by atoms with E-state index < -0.39 is 0 Å². The van der Waals surface area contributed by atoms with Crippen LogP contribution in [0.15, 0.2) is 48.5 Å². The van der Waals surface area contributed by atoms with E-state index in [2.05, 4.69) is 10.6 Å². The van der Waals surface area contributed by atoms with Gasteiger partial charge in [0.2, 0.25) is 5.91 Å². The molecule has 2 atom stereocenters. The zero-order valence-corrected chi connectivity index (χ0v) is 13.6. The van der Waals surface area contributed by atoms with Gasteiger partial charge in [0.25, 0.3) is 0 Å². The van der Waals surface area contributed by atoms with E-state index in [1.165, 1.54) is 6.07 Å². The second kappa shape index (κ2) is 7.45. The summed E-state index contributed by atoms with van der Waals surface area (Å²) in [5.74, 6) is 0.470. The first-order valence-electron chi connectivity index (χ1n) is 8.07. The smallest absolute Gasteiger partial charge is 0.220 e. The highest BCUT2D eigenvalue weighted by Crippen LogP contribution is 2.26. The molecule has 0 bridgehead atoms. The monoisotopic (exact) mass is 328 g/mol. The van der Waals surface area contributed by atoms with E-state index in [0.29, 0.717) is 24.9 Å². The van der Waals surface area contributed by atoms with Crippen LogP contribution in [-0.4, -0.2) is 19.1 Å². The fraction of sp³-hybridized carbons (Fsp3) is 0.316. The van der Waals surface area contributed by atoms with Gasteiger partial charge in [-0.2, -0.15) is 0 Å². The molecule has 1 aliphatic heterocycles. The quantitative estimate of drug-likeness (QED) is 0.887. The molecule has 5 heteroatoms. The van der Waals surface area contributed by atoms with E-state index >= 15 is 0 Å². The molecule has 126 valence electrons. The highest BCUT2D eigenvalue weighted by molar-refractivity contribution is 5.77. The lowest BCUT2D eigenvalue weighted by Crippen LogP contribution is -2.48. The molecule has 24 heavy (non-hydrogen) atoms. The van der Waals surface area contributed by atoms with Crippen molar-refractivity contribution in [1.82, 2.24) is 10.6 Å². The van der Waals surface area contributed by atoms with Crippen molar-refractivity contribution in [2.45, 2.75) is 31.5 Å². The van der Waals surface area contributed by atoms with Gasteiger partial charge in [0.1, 0.15) is 11.6 Å². The highest BCUT2D eigenvalue weighted by Gasteiger charge is 2.31. The number of carbonyl (C=O) groups excluding carboxylic acids is 1. The van der Waals surface area contributed by atoms with Gasteiger partial charge in [-0.25, -0.2) is 4.39 Å². The summed E-state index contributed by atoms with van der Waals surface area (Å²) in [6.07, 6.45) is 1.12. The molecule has 0 aromatic heterocycles. The van der Waals surface area contributed by atoms with Crippen LogP contribution in [0.5, 0.6) is 5.75 Å². The number of methoxy groups -OCH3 is 1. The lowest BCUT2D eigenvalue weighted by Gasteiger charge is -2.33. The van der Waals surface area contributed by atoms with Gasteiger partial charge in [0.05, 0.1) is 13.2 Å². The van der Waals surface area contributed by atoms with Crippen LogP contribution < -0.4 is 15.4 Å². The van der Waals surface area contributed by atoms with Crippen LogP contribution in [0.3, 0.4) is 0 Å². The summed E-state index contributed by atoms with van der Waals surface area (Å²) in [5.41, 5.74) is 1.60. The van der Waals surface area contributed by atoms with E-state index in [1.807, 2.05) is 24.3 Å². The van der Waals surface area contributed by atoms with Crippen molar-refractivity contribution < 1.29 is 13.9 Å². The van der Waals surface area contributed by atoms with Gasteiger partial charge in [-0.05, 0) is 30.2 Å². The SMILES string of the molecule is COc1cccc(CN[C@@H]2CCC(=O)N[C@H]2c2ccccc2F)c1. The van der Waals surface area contributed by atoms with Gasteiger partial charge < -0.3 is 15.4 Å². The van der Waals surface area contributed by atoms with Crippen molar-refractivity contribution in [1.29, 1.82) is 0 Å². The maximum absolute atomic E-state index is 14.1. The molecule has 1 heterocycles. The number of carbonyl (C=O) groups is 1. The molecule has 2 aromatic carbocycles. The molecular formula is C19H21FN2O2. The number of hydrogen-bond donors (Lipinski definition) is 2. The van der Waals surface area contributed by atoms with E-state index in [4.69, 9.17) is 4.74 Å². The Morgan fingerprint density at radius 2 is 2.08 bits per heavy atom. The summed E-state index contributed by atoms with van der Waals surface area (Å²) in [6.45, 7) is 0.628. The molecular weight excluding hydrogens is 307 g/mol. The number of nitrogens with one attached hydrogen (secondary N) is 2. The molecule has 4 nitrogen and oxygen atoms in total. The third-order valence-corrected chi connectivity index (χ3v) is 4.34. The fourth-order valence-electron chi connectivity index (χ4n) is 3.07. The van der Waals surface area contributed by atoms with Crippen LogP contribution >= 0.6 is 0 Å². The molecule has 1 saturated heterocycles. The second-order valence-electron chi connectivity index (χ2n) is 5.94. The molecule has 0 spiro atoms. The van der Waals surface area contributed by atoms with Crippen LogP contribution in [0.4, 0.5) is 4.39 Å². The molecule has 0 radical (unpaired) electrons. The van der Waals surface area contributed by atoms with Gasteiger partial charge >= 0.3 is 0 Å². The molecule has 0 aliphatic carbocycles. The van der Waals surface area contributed by atoms with E-state index in [9.17, 15) is 9.18 Å². The maximum Gasteiger partial charge on any atom is 0.220 e. The number of benzene rings is 2. The van der Waals surface area contributed by atoms with Crippen LogP contribution in [0.2, 0.25) is 0 Å². The first kappa shape index (κ1) is 16.5. The minimum Gasteiger partial charge on any atom is -0.497 e. The number of halogens is 1. The number of piperidine rings is 1. The molecule has 3 rings (SSSR count). The van der Waals surface area contributed by atoms with Crippen LogP contribution in [0.25, 0.3) is 0 Å². The number of ether oxygens (including phenoxy) is 1. The van der Waals surface area contributed by atoms with Crippen LogP contribution in [0.1, 0.15) is 30.0 Å². The molecule has 0 saturated carbocycles. The Morgan fingerprint density at radius 1 is 1.25 bits per heavy atom. The lowest BCUT2D eigenvalue weighted by molar-refractivity contribution is -0.123. The first-order valence-corrected chi connectivity index (χ1v) is 8.07. The van der Waals surface area contributed by atoms with Crippen LogP contribution in [0, 0.1) is 5.82 Å². The third kappa shape index (κ3) is 3.74. The summed E-state index contributed by atoms with van der Waals surface area (Å²) in [7, 11) is 1.64. The van der Waals surface area contributed by atoms with E-state index in [-0.39, 0.29) is 23.8 Å². The maximum atomic E-state index is 14.1. The Morgan fingerprint density at radius 3 is 2.88 bits per heavy atom. The second-order valence-corrected chi connectivity index (χ2v) is 5.94. The summed E-state index contributed by atoms with van der Waals surface area (Å²) >= 11 is 0. The Balaban J connectivity index is 1.74. The molecule has 1 fully saturated rings. The topological polar surface area (TPSA) is 50.4 Å². The van der Waals surface area contributed by atoms with Crippen molar-refractivity contribution in [3.63, 3.8) is 0 Å². The van der Waals surface area contributed by atoms with Gasteiger partial charge in [-0.1, -0.05) is 30.3 Å². The Labute approximate surface area is 141 Å². The molecule has 2 N–H and O–H groups in total. The highest BCUT2D eigenvalue weighted by atomic mass is 19.1. The summed E-state index contributed by atoms with van der Waals surface area (Å²) in [6, 6.07) is 14.0. The minimum absolute atomic E-state index is 0.0224. The molecule has 1 aliphatic rings. The molecule has 2 aromatic rings. The first-order chi connectivity index (χ1) is 11.7. The van der Waals surface area contributed by atoms with Crippen LogP contribution in [-0.2, 0) is 11.3 Å². The lowest BCUT2D eigenvalue weighted by atomic mass is 9.91. The third-order valence-electron chi connectivity index (χ3n) is 4.34. The summed E-state index contributed by atoms with van der Waals surface area (Å²) in [5, 5.41) is 6.36. The predicted molar refractivity (Wildman–Crippen MR) is 90.1 cm³/mol. The summed E-state index contributed by atoms with van der Waals surface area (Å²) in [4.78, 5) is 11.8. The fourth-order valence-corrected chi connectivity index (χ4v) is 3.07. The van der Waals surface area contributed by atoms with Gasteiger partial charge in [0, 0.05) is 24.6 Å². The Hall–Kier alpha value is -2.40. The number of hydrogen-bond acceptors (Lipinski definition) is 3. The van der Waals surface area contributed by atoms with Crippen molar-refractivity contribution in [2.75, 3.05) is 7.11 Å². The van der Waals surface area contributed by atoms with Gasteiger partial charge in [-0.3, -0.25) is 4.79 Å². The largest absolute Gasteiger partial charge is 0.497 e.